The highest BCUT2D eigenvalue weighted by molar-refractivity contribution is 6.31. The van der Waals surface area contributed by atoms with Crippen molar-refractivity contribution in [2.24, 2.45) is 0 Å². The lowest BCUT2D eigenvalue weighted by Crippen LogP contribution is -2.49. The molecule has 1 fully saturated rings. The van der Waals surface area contributed by atoms with Crippen molar-refractivity contribution in [2.45, 2.75) is 46.4 Å². The van der Waals surface area contributed by atoms with Crippen LogP contribution in [0.15, 0.2) is 0 Å². The van der Waals surface area contributed by atoms with Crippen molar-refractivity contribution in [3.8, 4) is 0 Å². The van der Waals surface area contributed by atoms with Gasteiger partial charge in [-0.1, -0.05) is 11.6 Å². The van der Waals surface area contributed by atoms with Gasteiger partial charge in [0.1, 0.15) is 6.54 Å². The summed E-state index contributed by atoms with van der Waals surface area (Å²) in [5.41, 5.74) is 1.59. The number of morpholine rings is 1. The van der Waals surface area contributed by atoms with Crippen LogP contribution >= 0.6 is 11.6 Å². The number of aryl methyl sites for hydroxylation is 1. The average molecular weight is 286 g/mol. The number of hydrogen-bond acceptors (Lipinski definition) is 3. The number of carbonyl (C=O) groups is 1. The lowest BCUT2D eigenvalue weighted by Gasteiger charge is -2.35. The molecule has 1 aliphatic heterocycles. The van der Waals surface area contributed by atoms with Gasteiger partial charge in [-0.05, 0) is 27.7 Å². The Hall–Kier alpha value is -1.07. The van der Waals surface area contributed by atoms with Crippen molar-refractivity contribution in [3.05, 3.63) is 16.4 Å². The SMILES string of the molecule is Cc1nn(CC(=O)N2C[C@@H](C)O[C@H](C)C2)c(C)c1Cl. The normalized spacial score (nSPS) is 23.7. The van der Waals surface area contributed by atoms with E-state index in [1.165, 1.54) is 0 Å². The first kappa shape index (κ1) is 14.3. The van der Waals surface area contributed by atoms with Crippen LogP contribution in [-0.2, 0) is 16.1 Å². The zero-order valence-electron chi connectivity index (χ0n) is 11.8. The third-order valence-electron chi connectivity index (χ3n) is 3.35. The maximum atomic E-state index is 12.3. The van der Waals surface area contributed by atoms with Gasteiger partial charge in [0.15, 0.2) is 0 Å². The standard InChI is InChI=1S/C13H20ClN3O2/c1-8-5-16(6-9(2)19-8)12(18)7-17-11(4)13(14)10(3)15-17/h8-9H,5-7H2,1-4H3/t8-,9-/m1/s1. The first-order valence-corrected chi connectivity index (χ1v) is 6.89. The summed E-state index contributed by atoms with van der Waals surface area (Å²) in [5.74, 6) is 0.0595. The molecule has 0 aliphatic carbocycles. The van der Waals surface area contributed by atoms with Crippen LogP contribution in [0.5, 0.6) is 0 Å². The molecule has 19 heavy (non-hydrogen) atoms. The van der Waals surface area contributed by atoms with Gasteiger partial charge in [-0.2, -0.15) is 5.10 Å². The van der Waals surface area contributed by atoms with Crippen LogP contribution in [0.25, 0.3) is 0 Å². The predicted molar refractivity (Wildman–Crippen MR) is 73.3 cm³/mol. The number of aromatic nitrogens is 2. The summed E-state index contributed by atoms with van der Waals surface area (Å²) in [6.45, 7) is 9.19. The molecule has 2 atom stereocenters. The van der Waals surface area contributed by atoms with Crippen LogP contribution in [0.4, 0.5) is 0 Å². The maximum absolute atomic E-state index is 12.3. The van der Waals surface area contributed by atoms with Gasteiger partial charge < -0.3 is 9.64 Å². The minimum Gasteiger partial charge on any atom is -0.372 e. The van der Waals surface area contributed by atoms with Crippen molar-refractivity contribution >= 4 is 17.5 Å². The second-order valence-corrected chi connectivity index (χ2v) is 5.58. The van der Waals surface area contributed by atoms with E-state index in [1.807, 2.05) is 32.6 Å². The van der Waals surface area contributed by atoms with E-state index in [0.717, 1.165) is 11.4 Å². The molecule has 0 spiro atoms. The van der Waals surface area contributed by atoms with Crippen LogP contribution in [0.2, 0.25) is 5.02 Å². The van der Waals surface area contributed by atoms with Crippen molar-refractivity contribution in [1.29, 1.82) is 0 Å². The van der Waals surface area contributed by atoms with Crippen LogP contribution in [0.3, 0.4) is 0 Å². The van der Waals surface area contributed by atoms with Gasteiger partial charge in [0.2, 0.25) is 5.91 Å². The van der Waals surface area contributed by atoms with E-state index in [4.69, 9.17) is 16.3 Å². The number of amides is 1. The Morgan fingerprint density at radius 2 is 1.95 bits per heavy atom. The molecule has 1 aromatic rings. The Morgan fingerprint density at radius 1 is 1.37 bits per heavy atom. The first-order chi connectivity index (χ1) is 8.88. The summed E-state index contributed by atoms with van der Waals surface area (Å²) in [6, 6.07) is 0. The molecule has 0 radical (unpaired) electrons. The number of ether oxygens (including phenoxy) is 1. The fourth-order valence-corrected chi connectivity index (χ4v) is 2.57. The fraction of sp³-hybridized carbons (Fsp3) is 0.692. The summed E-state index contributed by atoms with van der Waals surface area (Å²) in [6.07, 6.45) is 0.161. The second kappa shape index (κ2) is 5.51. The topological polar surface area (TPSA) is 47.4 Å². The molecule has 106 valence electrons. The number of hydrogen-bond donors (Lipinski definition) is 0. The van der Waals surface area contributed by atoms with Gasteiger partial charge in [0, 0.05) is 13.1 Å². The average Bonchev–Trinajstić information content (AvgIpc) is 2.56. The Balaban J connectivity index is 2.06. The molecular formula is C13H20ClN3O2. The van der Waals surface area contributed by atoms with Crippen LogP contribution in [-0.4, -0.2) is 45.9 Å². The van der Waals surface area contributed by atoms with Crippen molar-refractivity contribution in [1.82, 2.24) is 14.7 Å². The van der Waals surface area contributed by atoms with Crippen molar-refractivity contribution in [2.75, 3.05) is 13.1 Å². The smallest absolute Gasteiger partial charge is 0.244 e. The molecule has 2 heterocycles. The third-order valence-corrected chi connectivity index (χ3v) is 3.90. The molecule has 5 nitrogen and oxygen atoms in total. The lowest BCUT2D eigenvalue weighted by atomic mass is 10.2. The molecule has 0 N–H and O–H groups in total. The molecule has 6 heteroatoms. The molecule has 2 rings (SSSR count). The molecule has 1 aromatic heterocycles. The second-order valence-electron chi connectivity index (χ2n) is 5.20. The highest BCUT2D eigenvalue weighted by Crippen LogP contribution is 2.19. The van der Waals surface area contributed by atoms with Gasteiger partial charge in [0.05, 0.1) is 28.6 Å². The van der Waals surface area contributed by atoms with Gasteiger partial charge >= 0.3 is 0 Å². The van der Waals surface area contributed by atoms with E-state index >= 15 is 0 Å². The molecular weight excluding hydrogens is 266 g/mol. The fourth-order valence-electron chi connectivity index (χ4n) is 2.44. The Morgan fingerprint density at radius 3 is 2.42 bits per heavy atom. The summed E-state index contributed by atoms with van der Waals surface area (Å²) in [5, 5.41) is 4.92. The number of nitrogens with zero attached hydrogens (tertiary/aromatic N) is 3. The predicted octanol–water partition coefficient (Wildman–Crippen LogP) is 1.79. The van der Waals surface area contributed by atoms with Crippen LogP contribution in [0, 0.1) is 13.8 Å². The summed E-state index contributed by atoms with van der Waals surface area (Å²) >= 11 is 6.09. The number of carbonyl (C=O) groups excluding carboxylic acids is 1. The monoisotopic (exact) mass is 285 g/mol. The largest absolute Gasteiger partial charge is 0.372 e. The first-order valence-electron chi connectivity index (χ1n) is 6.51. The summed E-state index contributed by atoms with van der Waals surface area (Å²) in [7, 11) is 0. The van der Waals surface area contributed by atoms with Gasteiger partial charge in [-0.3, -0.25) is 9.48 Å². The summed E-state index contributed by atoms with van der Waals surface area (Å²) < 4.78 is 7.30. The Labute approximate surface area is 118 Å². The zero-order valence-corrected chi connectivity index (χ0v) is 12.6. The number of halogens is 1. The van der Waals surface area contributed by atoms with Crippen LogP contribution < -0.4 is 0 Å². The van der Waals surface area contributed by atoms with E-state index in [-0.39, 0.29) is 24.7 Å². The minimum absolute atomic E-state index is 0.0595. The van der Waals surface area contributed by atoms with Crippen molar-refractivity contribution in [3.63, 3.8) is 0 Å². The quantitative estimate of drug-likeness (QED) is 0.832. The van der Waals surface area contributed by atoms with Gasteiger partial charge in [0.25, 0.3) is 0 Å². The van der Waals surface area contributed by atoms with E-state index in [0.29, 0.717) is 18.1 Å². The minimum atomic E-state index is 0.0595. The van der Waals surface area contributed by atoms with Crippen LogP contribution in [0.1, 0.15) is 25.2 Å². The van der Waals surface area contributed by atoms with Gasteiger partial charge in [-0.25, -0.2) is 0 Å². The highest BCUT2D eigenvalue weighted by atomic mass is 35.5. The zero-order chi connectivity index (χ0) is 14.2. The number of rotatable bonds is 2. The van der Waals surface area contributed by atoms with Crippen molar-refractivity contribution < 1.29 is 9.53 Å². The van der Waals surface area contributed by atoms with E-state index in [1.54, 1.807) is 4.68 Å². The van der Waals surface area contributed by atoms with E-state index in [9.17, 15) is 4.79 Å². The lowest BCUT2D eigenvalue weighted by molar-refractivity contribution is -0.144. The molecule has 0 aromatic carbocycles. The molecule has 0 bridgehead atoms. The molecule has 1 saturated heterocycles. The molecule has 0 unspecified atom stereocenters. The van der Waals surface area contributed by atoms with Gasteiger partial charge in [-0.15, -0.1) is 0 Å². The van der Waals surface area contributed by atoms with E-state index < -0.39 is 0 Å². The molecule has 0 saturated carbocycles. The van der Waals surface area contributed by atoms with E-state index in [2.05, 4.69) is 5.10 Å². The molecule has 1 amide bonds. The third kappa shape index (κ3) is 3.09. The Bertz CT molecular complexity index is 476. The Kier molecular flexibility index (Phi) is 4.16. The molecule has 1 aliphatic rings. The highest BCUT2D eigenvalue weighted by Gasteiger charge is 2.26. The maximum Gasteiger partial charge on any atom is 0.244 e. The summed E-state index contributed by atoms with van der Waals surface area (Å²) in [4.78, 5) is 14.1.